The first kappa shape index (κ1) is 29.5. The smallest absolute Gasteiger partial charge is 0.357 e. The summed E-state index contributed by atoms with van der Waals surface area (Å²) in [5, 5.41) is 3.49. The lowest BCUT2D eigenvalue weighted by molar-refractivity contribution is -0.597. The fourth-order valence-electron chi connectivity index (χ4n) is 3.41. The Balaban J connectivity index is 0.000000283. The molecule has 0 saturated carbocycles. The van der Waals surface area contributed by atoms with Crippen molar-refractivity contribution in [1.29, 1.82) is 0 Å². The molecule has 0 aliphatic rings. The van der Waals surface area contributed by atoms with Crippen LogP contribution in [0.25, 0.3) is 10.2 Å². The SMILES string of the molecule is COc1ccc([I+]c2cccc(C(=O)Nc3nc4ccc(OC)cc4s3)c2)cc1.Cc1ccc(S(=O)(=O)[O-])cc1. The van der Waals surface area contributed by atoms with Gasteiger partial charge in [0.05, 0.1) is 29.3 Å². The van der Waals surface area contributed by atoms with E-state index in [-0.39, 0.29) is 32.0 Å². The average molecular weight is 689 g/mol. The van der Waals surface area contributed by atoms with Gasteiger partial charge in [-0.3, -0.25) is 10.1 Å². The minimum atomic E-state index is -4.27. The van der Waals surface area contributed by atoms with Gasteiger partial charge in [0.25, 0.3) is 5.91 Å². The highest BCUT2D eigenvalue weighted by Gasteiger charge is 2.18. The lowest BCUT2D eigenvalue weighted by Gasteiger charge is -2.05. The Hall–Kier alpha value is -3.52. The molecule has 206 valence electrons. The topological polar surface area (TPSA) is 118 Å². The zero-order valence-corrected chi connectivity index (χ0v) is 25.5. The van der Waals surface area contributed by atoms with Gasteiger partial charge in [-0.25, -0.2) is 13.4 Å². The molecule has 1 N–H and O–H groups in total. The normalized spacial score (nSPS) is 10.9. The second-order valence-electron chi connectivity index (χ2n) is 8.34. The van der Waals surface area contributed by atoms with E-state index in [1.54, 1.807) is 26.4 Å². The van der Waals surface area contributed by atoms with E-state index in [0.717, 1.165) is 27.3 Å². The Bertz CT molecular complexity index is 1720. The number of halogens is 1. The molecule has 0 spiro atoms. The molecular formula is C29H25IN2O6S2. The van der Waals surface area contributed by atoms with Gasteiger partial charge >= 0.3 is 21.2 Å². The van der Waals surface area contributed by atoms with E-state index in [2.05, 4.69) is 28.5 Å². The van der Waals surface area contributed by atoms with Crippen LogP contribution in [0, 0.1) is 14.1 Å². The number of anilines is 1. The summed E-state index contributed by atoms with van der Waals surface area (Å²) >= 11 is 1.05. The zero-order chi connectivity index (χ0) is 28.7. The van der Waals surface area contributed by atoms with Gasteiger partial charge in [-0.15, -0.1) is 0 Å². The molecule has 0 saturated heterocycles. The number of rotatable bonds is 7. The van der Waals surface area contributed by atoms with Gasteiger partial charge in [0.2, 0.25) is 0 Å². The third kappa shape index (κ3) is 8.01. The van der Waals surface area contributed by atoms with Crippen LogP contribution in [0.2, 0.25) is 0 Å². The van der Waals surface area contributed by atoms with Crippen LogP contribution >= 0.6 is 11.3 Å². The molecule has 0 atom stereocenters. The number of aryl methyl sites for hydroxylation is 1. The molecule has 40 heavy (non-hydrogen) atoms. The van der Waals surface area contributed by atoms with Gasteiger partial charge in [-0.2, -0.15) is 0 Å². The highest BCUT2D eigenvalue weighted by Crippen LogP contribution is 2.29. The van der Waals surface area contributed by atoms with E-state index in [4.69, 9.17) is 9.47 Å². The Morgan fingerprint density at radius 2 is 1.55 bits per heavy atom. The second kappa shape index (κ2) is 13.2. The third-order valence-electron chi connectivity index (χ3n) is 5.48. The summed E-state index contributed by atoms with van der Waals surface area (Å²) in [5.41, 5.74) is 2.40. The maximum Gasteiger partial charge on any atom is 0.357 e. The lowest BCUT2D eigenvalue weighted by Crippen LogP contribution is -3.61. The van der Waals surface area contributed by atoms with Gasteiger partial charge in [0.1, 0.15) is 21.6 Å². The number of nitrogens with zero attached hydrogens (tertiary/aromatic N) is 1. The van der Waals surface area contributed by atoms with Crippen molar-refractivity contribution in [2.24, 2.45) is 0 Å². The van der Waals surface area contributed by atoms with Crippen molar-refractivity contribution in [2.75, 3.05) is 19.5 Å². The number of hydrogen-bond donors (Lipinski definition) is 1. The van der Waals surface area contributed by atoms with Crippen molar-refractivity contribution < 1.29 is 48.4 Å². The Morgan fingerprint density at radius 3 is 2.20 bits per heavy atom. The van der Waals surface area contributed by atoms with Crippen LogP contribution in [0.3, 0.4) is 0 Å². The molecule has 0 aliphatic heterocycles. The van der Waals surface area contributed by atoms with E-state index in [0.29, 0.717) is 10.7 Å². The highest BCUT2D eigenvalue weighted by molar-refractivity contribution is 7.85. The molecule has 0 unspecified atom stereocenters. The van der Waals surface area contributed by atoms with Crippen molar-refractivity contribution in [3.8, 4) is 11.5 Å². The number of methoxy groups -OCH3 is 2. The number of carbonyl (C=O) groups is 1. The van der Waals surface area contributed by atoms with Gasteiger partial charge in [-0.1, -0.05) is 35.1 Å². The molecule has 1 amide bonds. The van der Waals surface area contributed by atoms with Gasteiger partial charge in [-0.05, 0) is 73.7 Å². The molecule has 4 aromatic carbocycles. The lowest BCUT2D eigenvalue weighted by atomic mass is 10.2. The van der Waals surface area contributed by atoms with Crippen molar-refractivity contribution >= 4 is 42.7 Å². The van der Waals surface area contributed by atoms with Crippen LogP contribution < -0.4 is 36.0 Å². The number of benzene rings is 4. The monoisotopic (exact) mass is 688 g/mol. The predicted octanol–water partition coefficient (Wildman–Crippen LogP) is 2.59. The minimum absolute atomic E-state index is 0.156. The fraction of sp³-hybridized carbons (Fsp3) is 0.103. The Kier molecular flexibility index (Phi) is 9.74. The summed E-state index contributed by atoms with van der Waals surface area (Å²) in [7, 11) is -0.977. The average Bonchev–Trinajstić information content (AvgIpc) is 3.35. The van der Waals surface area contributed by atoms with Crippen molar-refractivity contribution in [1.82, 2.24) is 4.98 Å². The van der Waals surface area contributed by atoms with Gasteiger partial charge < -0.3 is 14.0 Å². The van der Waals surface area contributed by atoms with Crippen LogP contribution in [0.15, 0.2) is 95.9 Å². The molecule has 5 aromatic rings. The Morgan fingerprint density at radius 1 is 0.875 bits per heavy atom. The number of thiazole rings is 1. The molecule has 1 heterocycles. The summed E-state index contributed by atoms with van der Waals surface area (Å²) < 4.78 is 45.0. The standard InChI is InChI=1S/C22H17IN2O3S.C7H8O3S/c1-27-17-8-6-15(7-9-17)23-16-5-3-4-14(12-16)21(26)25-22-24-19-11-10-18(28-2)13-20(19)29-22;1-6-2-4-7(5-3-6)11(8,9)10/h3-13H,1-2H3;2-5H,1H3,(H,8,9,10). The first-order chi connectivity index (χ1) is 19.1. The van der Waals surface area contributed by atoms with Crippen LogP contribution in [0.5, 0.6) is 11.5 Å². The zero-order valence-electron chi connectivity index (χ0n) is 21.8. The summed E-state index contributed by atoms with van der Waals surface area (Å²) in [4.78, 5) is 17.0. The molecule has 1 aromatic heterocycles. The first-order valence-corrected chi connectivity index (χ1v) is 16.2. The Labute approximate surface area is 247 Å². The summed E-state index contributed by atoms with van der Waals surface area (Å²) in [6.07, 6.45) is 0. The first-order valence-electron chi connectivity index (χ1n) is 11.8. The number of amides is 1. The van der Waals surface area contributed by atoms with Crippen molar-refractivity contribution in [2.45, 2.75) is 11.8 Å². The second-order valence-corrected chi connectivity index (χ2v) is 13.8. The summed E-state index contributed by atoms with van der Waals surface area (Å²) in [6, 6.07) is 27.3. The number of hydrogen-bond acceptors (Lipinski definition) is 8. The molecular weight excluding hydrogens is 663 g/mol. The number of fused-ring (bicyclic) bond motifs is 1. The van der Waals surface area contributed by atoms with Crippen molar-refractivity contribution in [3.63, 3.8) is 0 Å². The molecule has 0 bridgehead atoms. The molecule has 11 heteroatoms. The largest absolute Gasteiger partial charge is 0.744 e. The van der Waals surface area contributed by atoms with E-state index in [1.165, 1.54) is 30.6 Å². The van der Waals surface area contributed by atoms with E-state index in [9.17, 15) is 17.8 Å². The number of ether oxygens (including phenoxy) is 2. The van der Waals surface area contributed by atoms with E-state index < -0.39 is 10.1 Å². The van der Waals surface area contributed by atoms with E-state index in [1.807, 2.05) is 55.5 Å². The molecule has 0 aliphatic carbocycles. The third-order valence-corrected chi connectivity index (χ3v) is 9.90. The summed E-state index contributed by atoms with van der Waals surface area (Å²) in [5.74, 6) is 1.46. The van der Waals surface area contributed by atoms with Crippen LogP contribution in [-0.4, -0.2) is 38.1 Å². The van der Waals surface area contributed by atoms with Crippen LogP contribution in [0.4, 0.5) is 5.13 Å². The quantitative estimate of drug-likeness (QED) is 0.207. The maximum atomic E-state index is 12.7. The summed E-state index contributed by atoms with van der Waals surface area (Å²) in [6.45, 7) is 1.82. The fourth-order valence-corrected chi connectivity index (χ4v) is 7.08. The minimum Gasteiger partial charge on any atom is -0.744 e. The molecule has 0 radical (unpaired) electrons. The number of carbonyl (C=O) groups excluding carboxylic acids is 1. The van der Waals surface area contributed by atoms with Crippen LogP contribution in [0.1, 0.15) is 15.9 Å². The highest BCUT2D eigenvalue weighted by atomic mass is 127. The maximum absolute atomic E-state index is 12.7. The predicted molar refractivity (Wildman–Crippen MR) is 150 cm³/mol. The van der Waals surface area contributed by atoms with Crippen molar-refractivity contribution in [3.05, 3.63) is 109 Å². The molecule has 0 fully saturated rings. The number of aromatic nitrogens is 1. The molecule has 5 rings (SSSR count). The van der Waals surface area contributed by atoms with E-state index >= 15 is 0 Å². The molecule has 8 nitrogen and oxygen atoms in total. The van der Waals surface area contributed by atoms with Gasteiger partial charge in [0, 0.05) is 11.6 Å². The van der Waals surface area contributed by atoms with Crippen LogP contribution in [-0.2, 0) is 10.1 Å². The number of nitrogens with one attached hydrogen (secondary N) is 1. The van der Waals surface area contributed by atoms with Gasteiger partial charge in [0.15, 0.2) is 12.3 Å².